The van der Waals surface area contributed by atoms with Crippen LogP contribution in [0.1, 0.15) is 92.4 Å². The Hall–Kier alpha value is -2.96. The lowest BCUT2D eigenvalue weighted by Crippen LogP contribution is -2.66. The Labute approximate surface area is 335 Å². The fourth-order valence-electron chi connectivity index (χ4n) is 7.29. The maximum absolute atomic E-state index is 13.7. The van der Waals surface area contributed by atoms with Crippen LogP contribution in [0.5, 0.6) is 0 Å². The third kappa shape index (κ3) is 17.4. The summed E-state index contributed by atoms with van der Waals surface area (Å²) < 4.78 is 29.9. The fraction of sp³-hybridized carbons (Fsp3) is 0.846. The second-order valence-electron chi connectivity index (χ2n) is 15.2. The highest BCUT2D eigenvalue weighted by Crippen LogP contribution is 2.32. The van der Waals surface area contributed by atoms with Crippen LogP contribution >= 0.6 is 0 Å². The molecule has 328 valence electrons. The number of carbonyl (C=O) groups excluding carboxylic acids is 3. The molecule has 6 unspecified atom stereocenters. The molecule has 3 amide bonds. The van der Waals surface area contributed by atoms with Gasteiger partial charge in [-0.3, -0.25) is 14.4 Å². The highest BCUT2D eigenvalue weighted by molar-refractivity contribution is 5.92. The van der Waals surface area contributed by atoms with Crippen molar-refractivity contribution in [3.05, 3.63) is 0 Å². The summed E-state index contributed by atoms with van der Waals surface area (Å²) in [6, 6.07) is -1.19. The van der Waals surface area contributed by atoms with Crippen molar-refractivity contribution in [3.8, 4) is 12.3 Å². The molecule has 2 fully saturated rings. The van der Waals surface area contributed by atoms with E-state index in [-0.39, 0.29) is 50.3 Å². The number of carboxylic acids is 1. The van der Waals surface area contributed by atoms with Gasteiger partial charge in [-0.1, -0.05) is 45.4 Å². The van der Waals surface area contributed by atoms with Gasteiger partial charge >= 0.3 is 5.97 Å². The largest absolute Gasteiger partial charge is 0.479 e. The van der Waals surface area contributed by atoms with E-state index in [0.29, 0.717) is 12.8 Å². The molecule has 0 spiro atoms. The van der Waals surface area contributed by atoms with Crippen LogP contribution in [0.25, 0.3) is 0 Å². The van der Waals surface area contributed by atoms with E-state index in [2.05, 4.69) is 16.0 Å². The molecule has 1 saturated heterocycles. The van der Waals surface area contributed by atoms with Crippen molar-refractivity contribution >= 4 is 23.7 Å². The molecular formula is C39H67N3O15. The Morgan fingerprint density at radius 3 is 2.23 bits per heavy atom. The van der Waals surface area contributed by atoms with Gasteiger partial charge in [0.1, 0.15) is 36.6 Å². The SMILES string of the molecule is C#CC(=O)NCCNC(=O)C(C[C@@H](CC)CO[C@@H](C)OC(C)C(O)[C@H](O)CO)C[C@H](C)O[C@@H]1O[C@@H](CO)C(O)C(O[C@@H](CC2CCCCC2)C(=O)O)C1NC(C)=O. The minimum atomic E-state index is -1.52. The molecule has 18 heteroatoms. The van der Waals surface area contributed by atoms with Gasteiger partial charge in [-0.25, -0.2) is 4.79 Å². The number of amides is 3. The van der Waals surface area contributed by atoms with Crippen LogP contribution in [0.4, 0.5) is 0 Å². The molecule has 1 aliphatic heterocycles. The monoisotopic (exact) mass is 817 g/mol. The molecule has 9 N–H and O–H groups in total. The average Bonchev–Trinajstić information content (AvgIpc) is 3.18. The Morgan fingerprint density at radius 1 is 0.982 bits per heavy atom. The first kappa shape index (κ1) is 50.2. The predicted octanol–water partition coefficient (Wildman–Crippen LogP) is -0.447. The van der Waals surface area contributed by atoms with Gasteiger partial charge in [-0.2, -0.15) is 0 Å². The number of aliphatic hydroxyl groups is 5. The summed E-state index contributed by atoms with van der Waals surface area (Å²) in [6.45, 7) is 6.98. The molecule has 13 atom stereocenters. The van der Waals surface area contributed by atoms with E-state index in [4.69, 9.17) is 35.2 Å². The third-order valence-electron chi connectivity index (χ3n) is 10.5. The highest BCUT2D eigenvalue weighted by atomic mass is 16.7. The molecule has 2 aliphatic rings. The fourth-order valence-corrected chi connectivity index (χ4v) is 7.29. The van der Waals surface area contributed by atoms with E-state index in [1.807, 2.05) is 12.8 Å². The third-order valence-corrected chi connectivity index (χ3v) is 10.5. The van der Waals surface area contributed by atoms with E-state index in [1.54, 1.807) is 13.8 Å². The van der Waals surface area contributed by atoms with Gasteiger partial charge in [0, 0.05) is 25.9 Å². The second-order valence-corrected chi connectivity index (χ2v) is 15.2. The molecular weight excluding hydrogens is 750 g/mol. The lowest BCUT2D eigenvalue weighted by Gasteiger charge is -2.45. The van der Waals surface area contributed by atoms with Crippen LogP contribution < -0.4 is 16.0 Å². The number of aliphatic carboxylic acids is 1. The molecule has 0 aromatic rings. The molecule has 1 aliphatic carbocycles. The number of nitrogens with one attached hydrogen (secondary N) is 3. The first-order valence-corrected chi connectivity index (χ1v) is 20.1. The van der Waals surface area contributed by atoms with Crippen molar-refractivity contribution in [2.45, 2.75) is 160 Å². The normalized spacial score (nSPS) is 25.7. The van der Waals surface area contributed by atoms with Gasteiger partial charge in [0.15, 0.2) is 18.7 Å². The molecule has 1 heterocycles. The van der Waals surface area contributed by atoms with Crippen LogP contribution in [0.3, 0.4) is 0 Å². The smallest absolute Gasteiger partial charge is 0.332 e. The number of ether oxygens (including phenoxy) is 5. The molecule has 0 aromatic carbocycles. The van der Waals surface area contributed by atoms with E-state index >= 15 is 0 Å². The van der Waals surface area contributed by atoms with Crippen LogP contribution in [0.15, 0.2) is 0 Å². The number of hydrogen-bond acceptors (Lipinski definition) is 14. The first-order valence-electron chi connectivity index (χ1n) is 20.1. The molecule has 2 rings (SSSR count). The first-order chi connectivity index (χ1) is 27.0. The number of rotatable bonds is 26. The van der Waals surface area contributed by atoms with Crippen LogP contribution in [-0.2, 0) is 42.9 Å². The molecule has 57 heavy (non-hydrogen) atoms. The van der Waals surface area contributed by atoms with E-state index in [0.717, 1.165) is 32.1 Å². The zero-order valence-electron chi connectivity index (χ0n) is 33.9. The van der Waals surface area contributed by atoms with Crippen molar-refractivity contribution in [1.82, 2.24) is 16.0 Å². The summed E-state index contributed by atoms with van der Waals surface area (Å²) >= 11 is 0. The number of aliphatic hydroxyl groups excluding tert-OH is 5. The van der Waals surface area contributed by atoms with Crippen LogP contribution in [0.2, 0.25) is 0 Å². The molecule has 18 nitrogen and oxygen atoms in total. The van der Waals surface area contributed by atoms with E-state index < -0.39 is 104 Å². The number of carbonyl (C=O) groups is 4. The number of hydrogen-bond donors (Lipinski definition) is 9. The van der Waals surface area contributed by atoms with Gasteiger partial charge in [0.25, 0.3) is 5.91 Å². The van der Waals surface area contributed by atoms with Gasteiger partial charge in [0.05, 0.1) is 32.0 Å². The van der Waals surface area contributed by atoms with E-state index in [9.17, 15) is 44.7 Å². The summed E-state index contributed by atoms with van der Waals surface area (Å²) in [6.07, 6.45) is -0.848. The highest BCUT2D eigenvalue weighted by Gasteiger charge is 2.49. The van der Waals surface area contributed by atoms with Crippen LogP contribution in [0, 0.1) is 30.1 Å². The topological polar surface area (TPSA) is 272 Å². The Kier molecular flexibility index (Phi) is 23.1. The van der Waals surface area contributed by atoms with E-state index in [1.165, 1.54) is 13.8 Å². The Morgan fingerprint density at radius 2 is 1.65 bits per heavy atom. The second kappa shape index (κ2) is 26.2. The lowest BCUT2D eigenvalue weighted by molar-refractivity contribution is -0.292. The zero-order valence-corrected chi connectivity index (χ0v) is 33.9. The van der Waals surface area contributed by atoms with Crippen molar-refractivity contribution in [2.75, 3.05) is 32.9 Å². The van der Waals surface area contributed by atoms with Crippen molar-refractivity contribution in [1.29, 1.82) is 0 Å². The summed E-state index contributed by atoms with van der Waals surface area (Å²) in [7, 11) is 0. The summed E-state index contributed by atoms with van der Waals surface area (Å²) in [5.74, 6) is -1.58. The Balaban J connectivity index is 2.26. The van der Waals surface area contributed by atoms with Crippen molar-refractivity contribution < 1.29 is 73.5 Å². The number of terminal acetylenes is 1. The average molecular weight is 818 g/mol. The minimum absolute atomic E-state index is 0.0765. The van der Waals surface area contributed by atoms with Gasteiger partial charge in [0.2, 0.25) is 11.8 Å². The summed E-state index contributed by atoms with van der Waals surface area (Å²) in [4.78, 5) is 50.0. The minimum Gasteiger partial charge on any atom is -0.479 e. The van der Waals surface area contributed by atoms with Crippen molar-refractivity contribution in [2.24, 2.45) is 17.8 Å². The molecule has 0 bridgehead atoms. The molecule has 0 aromatic heterocycles. The predicted molar refractivity (Wildman–Crippen MR) is 204 cm³/mol. The van der Waals surface area contributed by atoms with Crippen molar-refractivity contribution in [3.63, 3.8) is 0 Å². The molecule has 0 radical (unpaired) electrons. The summed E-state index contributed by atoms with van der Waals surface area (Å²) in [5.41, 5.74) is 0. The lowest BCUT2D eigenvalue weighted by atomic mass is 9.85. The Bertz CT molecular complexity index is 1260. The quantitative estimate of drug-likeness (QED) is 0.0304. The van der Waals surface area contributed by atoms with Gasteiger partial charge in [-0.05, 0) is 57.8 Å². The molecule has 1 saturated carbocycles. The van der Waals surface area contributed by atoms with Gasteiger partial charge in [-0.15, -0.1) is 6.42 Å². The maximum Gasteiger partial charge on any atom is 0.332 e. The zero-order chi connectivity index (χ0) is 42.7. The number of carboxylic acid groups (broad SMARTS) is 1. The maximum atomic E-state index is 13.7. The summed E-state index contributed by atoms with van der Waals surface area (Å²) in [5, 5.41) is 68.5. The standard InChI is InChI=1S/C39H67N3O15/c1-7-26(21-53-25(6)55-23(4)34(48)29(46)19-43)17-28(37(50)41-15-14-40-32(47)8-2)16-22(3)54-39-33(42-24(5)45)36(35(49)31(20-44)57-39)56-30(38(51)52)18-27-12-10-9-11-13-27/h2,22-23,25-31,33-36,39,43-44,46,48-49H,7,9-21H2,1,3-6H3,(H,40,47)(H,41,50)(H,42,45)(H,51,52)/t22-,23?,25+,26+,28?,29+,30-,31-,33?,34?,35?,36?,39+/m0/s1. The van der Waals surface area contributed by atoms with Gasteiger partial charge < -0.3 is 70.3 Å². The van der Waals surface area contributed by atoms with Crippen LogP contribution in [-0.4, -0.2) is 155 Å².